The summed E-state index contributed by atoms with van der Waals surface area (Å²) in [7, 11) is 0. The highest BCUT2D eigenvalue weighted by atomic mass is 32.2. The van der Waals surface area contributed by atoms with Gasteiger partial charge in [0.05, 0.1) is 11.4 Å². The highest BCUT2D eigenvalue weighted by Crippen LogP contribution is 2.20. The number of thioether (sulfide) groups is 1. The zero-order valence-electron chi connectivity index (χ0n) is 11.5. The Morgan fingerprint density at radius 3 is 3.00 bits per heavy atom. The molecule has 0 saturated carbocycles. The van der Waals surface area contributed by atoms with Gasteiger partial charge in [0.2, 0.25) is 0 Å². The van der Waals surface area contributed by atoms with Crippen molar-refractivity contribution < 1.29 is 0 Å². The molecule has 3 nitrogen and oxygen atoms in total. The average Bonchev–Trinajstić information content (AvgIpc) is 2.85. The maximum atomic E-state index is 4.60. The Kier molecular flexibility index (Phi) is 4.70. The number of imidazole rings is 1. The molecule has 0 bridgehead atoms. The minimum absolute atomic E-state index is 0.729. The predicted molar refractivity (Wildman–Crippen MR) is 81.8 cm³/mol. The topological polar surface area (TPSA) is 29.3 Å². The molecule has 2 aromatic heterocycles. The fourth-order valence-corrected chi connectivity index (χ4v) is 3.29. The second-order valence-corrected chi connectivity index (χ2v) is 6.76. The van der Waals surface area contributed by atoms with Gasteiger partial charge >= 0.3 is 0 Å². The van der Waals surface area contributed by atoms with E-state index in [-0.39, 0.29) is 0 Å². The Morgan fingerprint density at radius 1 is 1.50 bits per heavy atom. The summed E-state index contributed by atoms with van der Waals surface area (Å²) in [5.41, 5.74) is 3.74. The molecule has 2 aromatic rings. The van der Waals surface area contributed by atoms with Gasteiger partial charge in [-0.15, -0.1) is 11.3 Å². The van der Waals surface area contributed by atoms with E-state index in [2.05, 4.69) is 47.1 Å². The van der Waals surface area contributed by atoms with Gasteiger partial charge in [0.25, 0.3) is 0 Å². The Hall–Kier alpha value is -0.520. The molecule has 5 heteroatoms. The smallest absolute Gasteiger partial charge is 0.194 e. The lowest BCUT2D eigenvalue weighted by atomic mass is 10.3. The van der Waals surface area contributed by atoms with Crippen LogP contribution in [-0.2, 0) is 6.54 Å². The summed E-state index contributed by atoms with van der Waals surface area (Å²) in [5.74, 6) is 0. The van der Waals surface area contributed by atoms with Gasteiger partial charge in [0.1, 0.15) is 0 Å². The third-order valence-corrected chi connectivity index (χ3v) is 5.24. The number of aryl methyl sites for hydroxylation is 2. The number of hydrogen-bond acceptors (Lipinski definition) is 4. The van der Waals surface area contributed by atoms with Crippen molar-refractivity contribution in [1.82, 2.24) is 14.7 Å². The fourth-order valence-electron chi connectivity index (χ4n) is 2.01. The standard InChI is InChI=1S/C13H21N3S2/c1-9-8-18-13-15-11(3)12(16(9)13)7-14-6-5-10(2)17-4/h8,10,14H,5-7H2,1-4H3. The quantitative estimate of drug-likeness (QED) is 0.825. The van der Waals surface area contributed by atoms with Crippen LogP contribution in [-0.4, -0.2) is 27.4 Å². The molecule has 0 fully saturated rings. The molecular formula is C13H21N3S2. The van der Waals surface area contributed by atoms with E-state index < -0.39 is 0 Å². The summed E-state index contributed by atoms with van der Waals surface area (Å²) in [6, 6.07) is 0. The van der Waals surface area contributed by atoms with Crippen LogP contribution in [0.3, 0.4) is 0 Å². The Bertz CT molecular complexity index is 516. The van der Waals surface area contributed by atoms with Gasteiger partial charge in [-0.1, -0.05) is 6.92 Å². The third-order valence-electron chi connectivity index (χ3n) is 3.25. The number of rotatable bonds is 6. The first-order valence-corrected chi connectivity index (χ1v) is 8.45. The second-order valence-electron chi connectivity index (χ2n) is 4.65. The van der Waals surface area contributed by atoms with Crippen molar-refractivity contribution in [2.24, 2.45) is 0 Å². The van der Waals surface area contributed by atoms with Crippen molar-refractivity contribution >= 4 is 28.1 Å². The molecule has 1 atom stereocenters. The molecule has 0 aliphatic heterocycles. The van der Waals surface area contributed by atoms with Crippen LogP contribution in [0.5, 0.6) is 0 Å². The lowest BCUT2D eigenvalue weighted by molar-refractivity contribution is 0.634. The first kappa shape index (κ1) is 13.9. The van der Waals surface area contributed by atoms with Gasteiger partial charge in [0.15, 0.2) is 4.96 Å². The SMILES string of the molecule is CSC(C)CCNCc1c(C)nc2scc(C)n12. The molecule has 18 heavy (non-hydrogen) atoms. The molecule has 0 aromatic carbocycles. The van der Waals surface area contributed by atoms with Crippen molar-refractivity contribution in [3.63, 3.8) is 0 Å². The molecule has 1 N–H and O–H groups in total. The van der Waals surface area contributed by atoms with Crippen LogP contribution in [0.2, 0.25) is 0 Å². The summed E-state index contributed by atoms with van der Waals surface area (Å²) < 4.78 is 2.27. The Labute approximate surface area is 117 Å². The minimum atomic E-state index is 0.729. The average molecular weight is 283 g/mol. The van der Waals surface area contributed by atoms with Crippen LogP contribution in [0.4, 0.5) is 0 Å². The zero-order valence-corrected chi connectivity index (χ0v) is 13.1. The van der Waals surface area contributed by atoms with E-state index in [9.17, 15) is 0 Å². The molecule has 0 radical (unpaired) electrons. The van der Waals surface area contributed by atoms with Crippen molar-refractivity contribution in [1.29, 1.82) is 0 Å². The van der Waals surface area contributed by atoms with E-state index >= 15 is 0 Å². The van der Waals surface area contributed by atoms with Crippen LogP contribution >= 0.6 is 23.1 Å². The number of nitrogens with zero attached hydrogens (tertiary/aromatic N) is 2. The number of fused-ring (bicyclic) bond motifs is 1. The minimum Gasteiger partial charge on any atom is -0.311 e. The number of thiazole rings is 1. The van der Waals surface area contributed by atoms with E-state index in [0.29, 0.717) is 0 Å². The first-order chi connectivity index (χ1) is 8.63. The zero-order chi connectivity index (χ0) is 13.1. The summed E-state index contributed by atoms with van der Waals surface area (Å²) in [6.45, 7) is 8.49. The monoisotopic (exact) mass is 283 g/mol. The number of hydrogen-bond donors (Lipinski definition) is 1. The lowest BCUT2D eigenvalue weighted by Gasteiger charge is -2.09. The molecule has 0 aliphatic carbocycles. The van der Waals surface area contributed by atoms with Crippen LogP contribution in [0.15, 0.2) is 5.38 Å². The normalized spacial score (nSPS) is 13.3. The van der Waals surface area contributed by atoms with Gasteiger partial charge in [-0.3, -0.25) is 4.40 Å². The molecule has 100 valence electrons. The van der Waals surface area contributed by atoms with E-state index in [0.717, 1.165) is 29.0 Å². The van der Waals surface area contributed by atoms with E-state index in [1.807, 2.05) is 11.8 Å². The fraction of sp³-hybridized carbons (Fsp3) is 0.615. The van der Waals surface area contributed by atoms with Gasteiger partial charge in [-0.2, -0.15) is 11.8 Å². The van der Waals surface area contributed by atoms with E-state index in [1.54, 1.807) is 11.3 Å². The molecule has 2 rings (SSSR count). The summed E-state index contributed by atoms with van der Waals surface area (Å²) in [6.07, 6.45) is 3.38. The van der Waals surface area contributed by atoms with E-state index in [4.69, 9.17) is 0 Å². The van der Waals surface area contributed by atoms with Gasteiger partial charge in [0, 0.05) is 22.9 Å². The summed E-state index contributed by atoms with van der Waals surface area (Å²) in [5, 5.41) is 6.43. The molecule has 0 amide bonds. The largest absolute Gasteiger partial charge is 0.311 e. The summed E-state index contributed by atoms with van der Waals surface area (Å²) >= 11 is 3.64. The van der Waals surface area contributed by atoms with Crippen molar-refractivity contribution in [2.45, 2.75) is 39.0 Å². The van der Waals surface area contributed by atoms with Gasteiger partial charge in [-0.25, -0.2) is 4.98 Å². The van der Waals surface area contributed by atoms with E-state index in [1.165, 1.54) is 17.8 Å². The van der Waals surface area contributed by atoms with Gasteiger partial charge < -0.3 is 5.32 Å². The lowest BCUT2D eigenvalue weighted by Crippen LogP contribution is -2.19. The van der Waals surface area contributed by atoms with Crippen molar-refractivity contribution in [3.8, 4) is 0 Å². The van der Waals surface area contributed by atoms with Gasteiger partial charge in [-0.05, 0) is 33.1 Å². The van der Waals surface area contributed by atoms with Crippen LogP contribution in [0.1, 0.15) is 30.4 Å². The molecule has 2 heterocycles. The molecule has 0 saturated heterocycles. The van der Waals surface area contributed by atoms with Crippen LogP contribution in [0.25, 0.3) is 4.96 Å². The Balaban J connectivity index is 1.98. The molecular weight excluding hydrogens is 262 g/mol. The number of aromatic nitrogens is 2. The predicted octanol–water partition coefficient (Wildman–Crippen LogP) is 3.24. The maximum Gasteiger partial charge on any atom is 0.194 e. The van der Waals surface area contributed by atoms with Crippen LogP contribution < -0.4 is 5.32 Å². The third kappa shape index (κ3) is 2.90. The second kappa shape index (κ2) is 6.08. The van der Waals surface area contributed by atoms with Crippen LogP contribution in [0, 0.1) is 13.8 Å². The summed E-state index contributed by atoms with van der Waals surface area (Å²) in [4.78, 5) is 5.71. The number of nitrogens with one attached hydrogen (secondary N) is 1. The molecule has 0 spiro atoms. The highest BCUT2D eigenvalue weighted by Gasteiger charge is 2.11. The Morgan fingerprint density at radius 2 is 2.28 bits per heavy atom. The molecule has 0 aliphatic rings. The molecule has 1 unspecified atom stereocenters. The highest BCUT2D eigenvalue weighted by molar-refractivity contribution is 7.99. The van der Waals surface area contributed by atoms with Crippen molar-refractivity contribution in [3.05, 3.63) is 22.5 Å². The first-order valence-electron chi connectivity index (χ1n) is 6.29. The van der Waals surface area contributed by atoms with Crippen molar-refractivity contribution in [2.75, 3.05) is 12.8 Å². The maximum absolute atomic E-state index is 4.60.